The Bertz CT molecular complexity index is 1210. The minimum Gasteiger partial charge on any atom is -0.265 e. The van der Waals surface area contributed by atoms with Gasteiger partial charge in [-0.25, -0.2) is 4.99 Å². The Labute approximate surface area is 186 Å². The van der Waals surface area contributed by atoms with E-state index in [1.165, 1.54) is 22.7 Å². The molecule has 7 heteroatoms. The van der Waals surface area contributed by atoms with Crippen LogP contribution in [0.15, 0.2) is 82.0 Å². The van der Waals surface area contributed by atoms with Crippen molar-refractivity contribution in [3.63, 3.8) is 0 Å². The zero-order valence-electron chi connectivity index (χ0n) is 18.3. The van der Waals surface area contributed by atoms with Gasteiger partial charge in [0.05, 0.1) is 10.5 Å². The van der Waals surface area contributed by atoms with E-state index in [0.29, 0.717) is 17.8 Å². The summed E-state index contributed by atoms with van der Waals surface area (Å²) in [5.74, 6) is 0.0115. The summed E-state index contributed by atoms with van der Waals surface area (Å²) in [7, 11) is 0. The van der Waals surface area contributed by atoms with Gasteiger partial charge in [0.25, 0.3) is 11.6 Å². The normalized spacial score (nSPS) is 20.5. The number of hydrogen-bond acceptors (Lipinski definition) is 5. The molecule has 1 aliphatic heterocycles. The first-order valence-electron chi connectivity index (χ1n) is 10.4. The SMILES string of the molecule is CC1=CC(C)(C)C/C(=N\N2C(=O)/C(=C\c3ccccc3[N+](=O)[O-])N=C2c2ccccc2)C1. The summed E-state index contributed by atoms with van der Waals surface area (Å²) in [5.41, 5.74) is 3.17. The van der Waals surface area contributed by atoms with Crippen molar-refractivity contribution in [2.24, 2.45) is 15.5 Å². The van der Waals surface area contributed by atoms with Crippen molar-refractivity contribution in [3.05, 3.63) is 93.2 Å². The van der Waals surface area contributed by atoms with Crippen molar-refractivity contribution >= 4 is 29.2 Å². The molecular formula is C25H24N4O3. The smallest absolute Gasteiger partial charge is 0.265 e. The predicted molar refractivity (Wildman–Crippen MR) is 125 cm³/mol. The van der Waals surface area contributed by atoms with E-state index in [1.54, 1.807) is 18.2 Å². The summed E-state index contributed by atoms with van der Waals surface area (Å²) in [6.07, 6.45) is 5.13. The molecule has 2 aromatic rings. The molecule has 0 saturated carbocycles. The zero-order chi connectivity index (χ0) is 22.9. The standard InChI is InChI=1S/C25H24N4O3/c1-17-13-20(16-25(2,3)15-17)27-28-23(18-9-5-4-6-10-18)26-21(24(28)30)14-19-11-7-8-12-22(19)29(31)32/h4-12,14-15H,13,16H2,1-3H3/b21-14+,27-20-. The van der Waals surface area contributed by atoms with Crippen molar-refractivity contribution < 1.29 is 9.72 Å². The summed E-state index contributed by atoms with van der Waals surface area (Å²) in [4.78, 5) is 28.8. The third-order valence-corrected chi connectivity index (χ3v) is 5.32. The van der Waals surface area contributed by atoms with Crippen LogP contribution in [0.3, 0.4) is 0 Å². The van der Waals surface area contributed by atoms with Crippen LogP contribution in [0.4, 0.5) is 5.69 Å². The first-order valence-corrected chi connectivity index (χ1v) is 10.4. The van der Waals surface area contributed by atoms with Crippen LogP contribution >= 0.6 is 0 Å². The predicted octanol–water partition coefficient (Wildman–Crippen LogP) is 5.35. The molecule has 0 bridgehead atoms. The number of para-hydroxylation sites is 1. The minimum atomic E-state index is -0.467. The summed E-state index contributed by atoms with van der Waals surface area (Å²) >= 11 is 0. The number of amidine groups is 1. The van der Waals surface area contributed by atoms with Crippen molar-refractivity contribution in [2.75, 3.05) is 0 Å². The van der Waals surface area contributed by atoms with Crippen LogP contribution in [0.1, 0.15) is 44.7 Å². The lowest BCUT2D eigenvalue weighted by atomic mass is 9.79. The maximum atomic E-state index is 13.3. The number of carbonyl (C=O) groups excluding carboxylic acids is 1. The molecule has 0 aromatic heterocycles. The number of hydrazone groups is 1. The topological polar surface area (TPSA) is 88.2 Å². The number of nitrogens with zero attached hydrogens (tertiary/aromatic N) is 4. The van der Waals surface area contributed by atoms with Crippen LogP contribution < -0.4 is 0 Å². The fraction of sp³-hybridized carbons (Fsp3) is 0.240. The Morgan fingerprint density at radius 2 is 1.81 bits per heavy atom. The lowest BCUT2D eigenvalue weighted by molar-refractivity contribution is -0.385. The molecule has 1 amide bonds. The van der Waals surface area contributed by atoms with Crippen molar-refractivity contribution in [2.45, 2.75) is 33.6 Å². The molecule has 0 saturated heterocycles. The molecule has 2 aliphatic rings. The molecule has 0 fully saturated rings. The van der Waals surface area contributed by atoms with Crippen LogP contribution in [0.2, 0.25) is 0 Å². The van der Waals surface area contributed by atoms with Crippen LogP contribution in [0.5, 0.6) is 0 Å². The Morgan fingerprint density at radius 3 is 2.50 bits per heavy atom. The van der Waals surface area contributed by atoms with Gasteiger partial charge in [-0.2, -0.15) is 10.1 Å². The van der Waals surface area contributed by atoms with Gasteiger partial charge in [0.1, 0.15) is 5.70 Å². The molecule has 0 atom stereocenters. The van der Waals surface area contributed by atoms with Crippen molar-refractivity contribution in [3.8, 4) is 0 Å². The van der Waals surface area contributed by atoms with Crippen LogP contribution in [-0.4, -0.2) is 27.4 Å². The van der Waals surface area contributed by atoms with E-state index in [4.69, 9.17) is 5.10 Å². The summed E-state index contributed by atoms with van der Waals surface area (Å²) in [5, 5.41) is 17.5. The van der Waals surface area contributed by atoms with E-state index in [-0.39, 0.29) is 16.8 Å². The van der Waals surface area contributed by atoms with Gasteiger partial charge in [-0.1, -0.05) is 68.0 Å². The highest BCUT2D eigenvalue weighted by molar-refractivity contribution is 6.20. The van der Waals surface area contributed by atoms with Gasteiger partial charge in [-0.15, -0.1) is 0 Å². The van der Waals surface area contributed by atoms with Crippen LogP contribution in [-0.2, 0) is 4.79 Å². The molecule has 0 N–H and O–H groups in total. The quantitative estimate of drug-likeness (QED) is 0.285. The van der Waals surface area contributed by atoms with E-state index < -0.39 is 10.8 Å². The second-order valence-electron chi connectivity index (χ2n) is 8.76. The number of nitro benzene ring substituents is 1. The number of hydrogen-bond donors (Lipinski definition) is 0. The molecule has 1 aliphatic carbocycles. The maximum Gasteiger partial charge on any atom is 0.298 e. The Morgan fingerprint density at radius 1 is 1.12 bits per heavy atom. The summed E-state index contributed by atoms with van der Waals surface area (Å²) in [6, 6.07) is 15.6. The average Bonchev–Trinajstić information content (AvgIpc) is 3.03. The highest BCUT2D eigenvalue weighted by atomic mass is 16.6. The van der Waals surface area contributed by atoms with Crippen LogP contribution in [0, 0.1) is 15.5 Å². The molecule has 1 heterocycles. The first kappa shape index (κ1) is 21.4. The number of allylic oxidation sites excluding steroid dienone is 2. The second-order valence-corrected chi connectivity index (χ2v) is 8.76. The second kappa shape index (κ2) is 8.34. The van der Waals surface area contributed by atoms with Gasteiger partial charge in [0.2, 0.25) is 0 Å². The van der Waals surface area contributed by atoms with Crippen LogP contribution in [0.25, 0.3) is 6.08 Å². The Hall–Kier alpha value is -3.87. The van der Waals surface area contributed by atoms with Gasteiger partial charge >= 0.3 is 0 Å². The van der Waals surface area contributed by atoms with E-state index in [0.717, 1.165) is 17.7 Å². The Kier molecular flexibility index (Phi) is 5.57. The van der Waals surface area contributed by atoms with Crippen molar-refractivity contribution in [1.29, 1.82) is 0 Å². The van der Waals surface area contributed by atoms with Gasteiger partial charge in [-0.05, 0) is 30.9 Å². The molecule has 2 aromatic carbocycles. The number of aliphatic imine (C=N–C) groups is 1. The molecule has 7 nitrogen and oxygen atoms in total. The third-order valence-electron chi connectivity index (χ3n) is 5.32. The lowest BCUT2D eigenvalue weighted by Gasteiger charge is -2.28. The highest BCUT2D eigenvalue weighted by Crippen LogP contribution is 2.33. The van der Waals surface area contributed by atoms with E-state index >= 15 is 0 Å². The molecule has 4 rings (SSSR count). The number of rotatable bonds is 4. The zero-order valence-corrected chi connectivity index (χ0v) is 18.3. The molecule has 32 heavy (non-hydrogen) atoms. The fourth-order valence-electron chi connectivity index (χ4n) is 4.19. The number of carbonyl (C=O) groups is 1. The van der Waals surface area contributed by atoms with Gasteiger partial charge < -0.3 is 0 Å². The number of amides is 1. The number of nitro groups is 1. The lowest BCUT2D eigenvalue weighted by Crippen LogP contribution is -2.31. The molecule has 162 valence electrons. The average molecular weight is 428 g/mol. The summed E-state index contributed by atoms with van der Waals surface area (Å²) in [6.45, 7) is 6.35. The monoisotopic (exact) mass is 428 g/mol. The highest BCUT2D eigenvalue weighted by Gasteiger charge is 2.33. The minimum absolute atomic E-state index is 0.0443. The van der Waals surface area contributed by atoms with E-state index in [2.05, 4.69) is 31.8 Å². The third kappa shape index (κ3) is 4.42. The Balaban J connectivity index is 1.79. The van der Waals surface area contributed by atoms with E-state index in [1.807, 2.05) is 30.3 Å². The van der Waals surface area contributed by atoms with Gasteiger partial charge in [0.15, 0.2) is 5.84 Å². The molecular weight excluding hydrogens is 404 g/mol. The van der Waals surface area contributed by atoms with E-state index in [9.17, 15) is 14.9 Å². The molecule has 0 unspecified atom stereocenters. The van der Waals surface area contributed by atoms with Gasteiger partial charge in [0, 0.05) is 23.8 Å². The molecule has 0 radical (unpaired) electrons. The summed E-state index contributed by atoms with van der Waals surface area (Å²) < 4.78 is 0. The fourth-order valence-corrected chi connectivity index (χ4v) is 4.19. The van der Waals surface area contributed by atoms with Gasteiger partial charge in [-0.3, -0.25) is 14.9 Å². The van der Waals surface area contributed by atoms with Crippen molar-refractivity contribution in [1.82, 2.24) is 5.01 Å². The first-order chi connectivity index (χ1) is 15.2. The largest absolute Gasteiger partial charge is 0.298 e. The maximum absolute atomic E-state index is 13.3. The number of benzene rings is 2. The molecule has 0 spiro atoms.